The fourth-order valence-electron chi connectivity index (χ4n) is 2.03. The van der Waals surface area contributed by atoms with Crippen LogP contribution >= 0.6 is 0 Å². The molecule has 0 N–H and O–H groups in total. The molecule has 1 aliphatic heterocycles. The van der Waals surface area contributed by atoms with Crippen molar-refractivity contribution < 1.29 is 18.8 Å². The molecule has 1 aromatic heterocycles. The highest BCUT2D eigenvalue weighted by molar-refractivity contribution is 5.85. The highest BCUT2D eigenvalue weighted by Crippen LogP contribution is 2.26. The molecule has 1 aliphatic rings. The molecule has 1 aromatic rings. The maximum absolute atomic E-state index is 11.7. The summed E-state index contributed by atoms with van der Waals surface area (Å²) in [6, 6.07) is 0. The number of ketones is 1. The smallest absolute Gasteiger partial charge is 0.239 e. The molecule has 0 bridgehead atoms. The third-order valence-electron chi connectivity index (χ3n) is 3.04. The zero-order valence-electron chi connectivity index (χ0n) is 10.9. The van der Waals surface area contributed by atoms with Gasteiger partial charge in [-0.2, -0.15) is 4.98 Å². The van der Waals surface area contributed by atoms with Gasteiger partial charge in [-0.05, 0) is 5.92 Å². The fraction of sp³-hybridized carbons (Fsp3) is 0.750. The van der Waals surface area contributed by atoms with E-state index in [0.29, 0.717) is 31.3 Å². The highest BCUT2D eigenvalue weighted by Gasteiger charge is 2.31. The normalized spacial score (nSPS) is 22.4. The van der Waals surface area contributed by atoms with Crippen LogP contribution < -0.4 is 0 Å². The summed E-state index contributed by atoms with van der Waals surface area (Å²) in [6.45, 7) is 4.82. The molecule has 2 atom stereocenters. The van der Waals surface area contributed by atoms with Gasteiger partial charge in [-0.15, -0.1) is 0 Å². The van der Waals surface area contributed by atoms with Crippen molar-refractivity contribution in [2.75, 3.05) is 20.3 Å². The quantitative estimate of drug-likeness (QED) is 0.810. The van der Waals surface area contributed by atoms with E-state index in [4.69, 9.17) is 14.0 Å². The molecule has 1 saturated heterocycles. The minimum Gasteiger partial charge on any atom is -0.380 e. The van der Waals surface area contributed by atoms with Gasteiger partial charge in [0.05, 0.1) is 13.2 Å². The number of carbonyl (C=O) groups is 1. The van der Waals surface area contributed by atoms with E-state index in [-0.39, 0.29) is 17.8 Å². The number of ether oxygens (including phenoxy) is 2. The van der Waals surface area contributed by atoms with E-state index in [1.165, 1.54) is 0 Å². The van der Waals surface area contributed by atoms with Gasteiger partial charge in [-0.1, -0.05) is 19.0 Å². The molecule has 2 heterocycles. The Hall–Kier alpha value is -1.27. The van der Waals surface area contributed by atoms with Gasteiger partial charge in [0.15, 0.2) is 0 Å². The van der Waals surface area contributed by atoms with Crippen LogP contribution in [0.5, 0.6) is 0 Å². The molecule has 0 amide bonds. The van der Waals surface area contributed by atoms with Crippen LogP contribution in [0.4, 0.5) is 0 Å². The van der Waals surface area contributed by atoms with Crippen molar-refractivity contribution in [2.24, 2.45) is 5.92 Å². The Morgan fingerprint density at radius 2 is 2.22 bits per heavy atom. The summed E-state index contributed by atoms with van der Waals surface area (Å²) in [4.78, 5) is 16.0. The summed E-state index contributed by atoms with van der Waals surface area (Å²) in [5.41, 5.74) is 0. The number of nitrogens with zero attached hydrogens (tertiary/aromatic N) is 2. The monoisotopic (exact) mass is 254 g/mol. The molecular formula is C12H18N2O4. The molecule has 2 rings (SSSR count). The molecule has 2 unspecified atom stereocenters. The van der Waals surface area contributed by atoms with Crippen molar-refractivity contribution in [3.8, 4) is 0 Å². The molecule has 0 radical (unpaired) electrons. The van der Waals surface area contributed by atoms with Gasteiger partial charge in [0.25, 0.3) is 0 Å². The van der Waals surface area contributed by atoms with Crippen LogP contribution in [0.15, 0.2) is 4.52 Å². The first kappa shape index (κ1) is 13.2. The molecule has 6 heteroatoms. The number of carbonyl (C=O) groups excluding carboxylic acids is 1. The van der Waals surface area contributed by atoms with Crippen molar-refractivity contribution in [3.63, 3.8) is 0 Å². The van der Waals surface area contributed by atoms with Gasteiger partial charge >= 0.3 is 0 Å². The second-order valence-corrected chi connectivity index (χ2v) is 4.73. The van der Waals surface area contributed by atoms with Crippen LogP contribution in [0.3, 0.4) is 0 Å². The van der Waals surface area contributed by atoms with E-state index < -0.39 is 5.92 Å². The largest absolute Gasteiger partial charge is 0.380 e. The third-order valence-corrected chi connectivity index (χ3v) is 3.04. The van der Waals surface area contributed by atoms with Crippen molar-refractivity contribution in [1.82, 2.24) is 10.1 Å². The lowest BCUT2D eigenvalue weighted by atomic mass is 10.0. The summed E-state index contributed by atoms with van der Waals surface area (Å²) in [7, 11) is 1.61. The van der Waals surface area contributed by atoms with Gasteiger partial charge in [0.2, 0.25) is 11.7 Å². The fourth-order valence-corrected chi connectivity index (χ4v) is 2.03. The number of Topliss-reactive ketones (excluding diaryl/α,β-unsaturated/α-hetero) is 1. The van der Waals surface area contributed by atoms with Gasteiger partial charge < -0.3 is 14.0 Å². The molecular weight excluding hydrogens is 236 g/mol. The summed E-state index contributed by atoms with van der Waals surface area (Å²) in [6.07, 6.45) is 0.183. The molecule has 1 fully saturated rings. The molecule has 0 aliphatic carbocycles. The minimum atomic E-state index is -0.426. The second-order valence-electron chi connectivity index (χ2n) is 4.73. The third kappa shape index (κ3) is 2.59. The van der Waals surface area contributed by atoms with E-state index >= 15 is 0 Å². The van der Waals surface area contributed by atoms with Crippen molar-refractivity contribution >= 4 is 5.78 Å². The van der Waals surface area contributed by atoms with Gasteiger partial charge in [0, 0.05) is 13.5 Å². The van der Waals surface area contributed by atoms with Crippen LogP contribution in [0, 0.1) is 5.92 Å². The minimum absolute atomic E-state index is 0.0926. The molecule has 0 saturated carbocycles. The zero-order valence-corrected chi connectivity index (χ0v) is 10.9. The van der Waals surface area contributed by atoms with Gasteiger partial charge in [-0.25, -0.2) is 0 Å². The molecule has 6 nitrogen and oxygen atoms in total. The average molecular weight is 254 g/mol. The second kappa shape index (κ2) is 5.58. The predicted octanol–water partition coefficient (Wildman–Crippen LogP) is 1.49. The highest BCUT2D eigenvalue weighted by atomic mass is 16.5. The summed E-state index contributed by atoms with van der Waals surface area (Å²) >= 11 is 0. The first-order chi connectivity index (χ1) is 8.63. The number of aromatic nitrogens is 2. The lowest BCUT2D eigenvalue weighted by molar-refractivity contribution is -0.127. The molecule has 100 valence electrons. The Labute approximate surface area is 106 Å². The average Bonchev–Trinajstić information content (AvgIpc) is 2.79. The van der Waals surface area contributed by atoms with E-state index in [0.717, 1.165) is 0 Å². The van der Waals surface area contributed by atoms with Crippen molar-refractivity contribution in [2.45, 2.75) is 32.3 Å². The Morgan fingerprint density at radius 1 is 1.44 bits per heavy atom. The summed E-state index contributed by atoms with van der Waals surface area (Å²) in [5, 5.41) is 3.90. The van der Waals surface area contributed by atoms with E-state index in [9.17, 15) is 4.79 Å². The lowest BCUT2D eigenvalue weighted by Crippen LogP contribution is -2.26. The van der Waals surface area contributed by atoms with Crippen LogP contribution in [0.25, 0.3) is 0 Å². The van der Waals surface area contributed by atoms with Crippen LogP contribution in [0.1, 0.15) is 44.0 Å². The van der Waals surface area contributed by atoms with Gasteiger partial charge in [-0.3, -0.25) is 4.79 Å². The van der Waals surface area contributed by atoms with E-state index in [1.807, 2.05) is 13.8 Å². The van der Waals surface area contributed by atoms with Crippen LogP contribution in [0.2, 0.25) is 0 Å². The number of hydrogen-bond donors (Lipinski definition) is 0. The van der Waals surface area contributed by atoms with Crippen molar-refractivity contribution in [3.05, 3.63) is 11.7 Å². The van der Waals surface area contributed by atoms with Crippen LogP contribution in [-0.4, -0.2) is 36.2 Å². The Morgan fingerprint density at radius 3 is 2.83 bits per heavy atom. The van der Waals surface area contributed by atoms with Crippen LogP contribution in [-0.2, 0) is 14.3 Å². The Bertz CT molecular complexity index is 416. The van der Waals surface area contributed by atoms with Gasteiger partial charge in [0.1, 0.15) is 17.8 Å². The number of methoxy groups -OCH3 is 1. The maximum atomic E-state index is 11.7. The summed E-state index contributed by atoms with van der Waals surface area (Å²) in [5.74, 6) is 0.719. The topological polar surface area (TPSA) is 74.5 Å². The van der Waals surface area contributed by atoms with Crippen molar-refractivity contribution in [1.29, 1.82) is 0 Å². The first-order valence-corrected chi connectivity index (χ1v) is 6.10. The molecule has 18 heavy (non-hydrogen) atoms. The first-order valence-electron chi connectivity index (χ1n) is 6.10. The van der Waals surface area contributed by atoms with E-state index in [1.54, 1.807) is 7.11 Å². The van der Waals surface area contributed by atoms with E-state index in [2.05, 4.69) is 10.1 Å². The SMILES string of the molecule is COC(c1noc(C2COCCC2=O)n1)C(C)C. The Balaban J connectivity index is 2.16. The maximum Gasteiger partial charge on any atom is 0.239 e. The predicted molar refractivity (Wildman–Crippen MR) is 62.1 cm³/mol. The number of hydrogen-bond acceptors (Lipinski definition) is 6. The number of rotatable bonds is 4. The summed E-state index contributed by atoms with van der Waals surface area (Å²) < 4.78 is 15.8. The standard InChI is InChI=1S/C12H18N2O4/c1-7(2)10(16-3)11-13-12(18-14-11)8-6-17-5-4-9(8)15/h7-8,10H,4-6H2,1-3H3. The Kier molecular flexibility index (Phi) is 4.08. The zero-order chi connectivity index (χ0) is 13.1. The molecule has 0 aromatic carbocycles. The molecule has 0 spiro atoms. The lowest BCUT2D eigenvalue weighted by Gasteiger charge is -2.17.